The molecule has 1 N–H and O–H groups in total. The van der Waals surface area contributed by atoms with Gasteiger partial charge in [-0.2, -0.15) is 0 Å². The van der Waals surface area contributed by atoms with Gasteiger partial charge in [-0.1, -0.05) is 0 Å². The number of hydrogen-bond donors (Lipinski definition) is 1. The van der Waals surface area contributed by atoms with Crippen LogP contribution in [-0.2, 0) is 19.1 Å². The van der Waals surface area contributed by atoms with Crippen LogP contribution < -0.4 is 10.1 Å². The molecule has 0 aliphatic carbocycles. The lowest BCUT2D eigenvalue weighted by Gasteiger charge is -2.10. The first-order valence-electron chi connectivity index (χ1n) is 7.68. The second-order valence-electron chi connectivity index (χ2n) is 5.00. The van der Waals surface area contributed by atoms with E-state index in [4.69, 9.17) is 9.47 Å². The minimum atomic E-state index is -4.85. The molecule has 2 rings (SSSR count). The standard InChI is InChI=1S/C17H16F3NO5/c1-3-24-11(9-15(22)25-4-2)8-13-12-7-10(26-17(18,19)20)5-6-14(12)21-16(13)23/h5-9H,3-4H2,1-2H3,(H,21,23)/b11-9+,13-8+. The summed E-state index contributed by atoms with van der Waals surface area (Å²) in [5.74, 6) is -1.63. The predicted octanol–water partition coefficient (Wildman–Crippen LogP) is 3.40. The largest absolute Gasteiger partial charge is 0.573 e. The molecule has 1 amide bonds. The van der Waals surface area contributed by atoms with Crippen LogP contribution in [0.25, 0.3) is 5.57 Å². The molecule has 0 aromatic heterocycles. The summed E-state index contributed by atoms with van der Waals surface area (Å²) < 4.78 is 51.1. The third-order valence-electron chi connectivity index (χ3n) is 3.15. The number of alkyl halides is 3. The maximum atomic E-state index is 12.4. The van der Waals surface area contributed by atoms with Gasteiger partial charge in [-0.25, -0.2) is 4.79 Å². The zero-order valence-corrected chi connectivity index (χ0v) is 14.0. The zero-order valence-electron chi connectivity index (χ0n) is 14.0. The van der Waals surface area contributed by atoms with Crippen LogP contribution in [-0.4, -0.2) is 31.5 Å². The molecule has 1 aromatic rings. The molecule has 1 aliphatic heterocycles. The Balaban J connectivity index is 2.40. The molecule has 140 valence electrons. The minimum Gasteiger partial charge on any atom is -0.494 e. The van der Waals surface area contributed by atoms with E-state index in [0.717, 1.165) is 18.2 Å². The van der Waals surface area contributed by atoms with Crippen molar-refractivity contribution in [1.29, 1.82) is 0 Å². The molecule has 1 aliphatic rings. The Kier molecular flexibility index (Phi) is 5.91. The molecule has 0 spiro atoms. The van der Waals surface area contributed by atoms with E-state index in [2.05, 4.69) is 10.1 Å². The van der Waals surface area contributed by atoms with Crippen LogP contribution in [0.4, 0.5) is 18.9 Å². The number of amides is 1. The quantitative estimate of drug-likeness (QED) is 0.471. The lowest BCUT2D eigenvalue weighted by atomic mass is 10.1. The summed E-state index contributed by atoms with van der Waals surface area (Å²) in [5, 5.41) is 2.52. The molecule has 0 atom stereocenters. The van der Waals surface area contributed by atoms with Gasteiger partial charge in [0, 0.05) is 11.3 Å². The fourth-order valence-corrected chi connectivity index (χ4v) is 2.24. The SMILES string of the molecule is CCOC(=O)/C=C(\C=C1\C(=O)Nc2ccc(OC(F)(F)F)cc21)OCC. The molecular formula is C17H16F3NO5. The molecule has 9 heteroatoms. The Morgan fingerprint density at radius 1 is 1.19 bits per heavy atom. The number of hydrogen-bond acceptors (Lipinski definition) is 5. The maximum Gasteiger partial charge on any atom is 0.573 e. The van der Waals surface area contributed by atoms with Crippen LogP contribution in [0.5, 0.6) is 5.75 Å². The van der Waals surface area contributed by atoms with Gasteiger partial charge in [0.1, 0.15) is 11.5 Å². The monoisotopic (exact) mass is 371 g/mol. The molecule has 0 fully saturated rings. The number of fused-ring (bicyclic) bond motifs is 1. The molecule has 1 heterocycles. The highest BCUT2D eigenvalue weighted by Crippen LogP contribution is 2.36. The number of anilines is 1. The van der Waals surface area contributed by atoms with Gasteiger partial charge in [-0.15, -0.1) is 13.2 Å². The van der Waals surface area contributed by atoms with Crippen molar-refractivity contribution in [3.63, 3.8) is 0 Å². The van der Waals surface area contributed by atoms with E-state index in [1.165, 1.54) is 12.1 Å². The molecule has 0 unspecified atom stereocenters. The molecule has 0 bridgehead atoms. The highest BCUT2D eigenvalue weighted by Gasteiger charge is 2.32. The second kappa shape index (κ2) is 7.94. The molecule has 6 nitrogen and oxygen atoms in total. The predicted molar refractivity (Wildman–Crippen MR) is 86.1 cm³/mol. The van der Waals surface area contributed by atoms with Crippen molar-refractivity contribution in [2.75, 3.05) is 18.5 Å². The number of halogens is 3. The van der Waals surface area contributed by atoms with Crippen LogP contribution in [0, 0.1) is 0 Å². The van der Waals surface area contributed by atoms with Gasteiger partial charge in [0.05, 0.1) is 24.9 Å². The van der Waals surface area contributed by atoms with Crippen molar-refractivity contribution < 1.29 is 37.0 Å². The van der Waals surface area contributed by atoms with Crippen molar-refractivity contribution in [3.8, 4) is 5.75 Å². The summed E-state index contributed by atoms with van der Waals surface area (Å²) in [5.41, 5.74) is 0.561. The van der Waals surface area contributed by atoms with Crippen molar-refractivity contribution >= 4 is 23.1 Å². The summed E-state index contributed by atoms with van der Waals surface area (Å²) in [6.07, 6.45) is -2.53. The summed E-state index contributed by atoms with van der Waals surface area (Å²) in [6, 6.07) is 3.47. The van der Waals surface area contributed by atoms with Crippen molar-refractivity contribution in [1.82, 2.24) is 0 Å². The van der Waals surface area contributed by atoms with Gasteiger partial charge < -0.3 is 19.5 Å². The highest BCUT2D eigenvalue weighted by molar-refractivity contribution is 6.32. The van der Waals surface area contributed by atoms with E-state index < -0.39 is 24.0 Å². The van der Waals surface area contributed by atoms with Gasteiger partial charge >= 0.3 is 12.3 Å². The first kappa shape index (κ1) is 19.4. The Bertz CT molecular complexity index is 768. The average molecular weight is 371 g/mol. The topological polar surface area (TPSA) is 73.9 Å². The Hall–Kier alpha value is -2.97. The van der Waals surface area contributed by atoms with Crippen molar-refractivity contribution in [2.45, 2.75) is 20.2 Å². The molecule has 0 radical (unpaired) electrons. The number of benzene rings is 1. The Morgan fingerprint density at radius 3 is 2.50 bits per heavy atom. The summed E-state index contributed by atoms with van der Waals surface area (Å²) in [6.45, 7) is 3.68. The number of rotatable bonds is 6. The third-order valence-corrected chi connectivity index (χ3v) is 3.15. The van der Waals surface area contributed by atoms with E-state index in [0.29, 0.717) is 5.69 Å². The number of nitrogens with one attached hydrogen (secondary N) is 1. The number of carbonyl (C=O) groups excluding carboxylic acids is 2. The number of ether oxygens (including phenoxy) is 3. The number of allylic oxidation sites excluding steroid dienone is 1. The van der Waals surface area contributed by atoms with Gasteiger partial charge in [0.2, 0.25) is 0 Å². The highest BCUT2D eigenvalue weighted by atomic mass is 19.4. The van der Waals surface area contributed by atoms with E-state index in [-0.39, 0.29) is 30.1 Å². The van der Waals surface area contributed by atoms with Crippen LogP contribution in [0.2, 0.25) is 0 Å². The average Bonchev–Trinajstić information content (AvgIpc) is 2.82. The number of esters is 1. The fraction of sp³-hybridized carbons (Fsp3) is 0.294. The molecular weight excluding hydrogens is 355 g/mol. The molecule has 0 saturated carbocycles. The van der Waals surface area contributed by atoms with E-state index in [1.54, 1.807) is 13.8 Å². The Labute approximate surface area is 147 Å². The normalized spacial score (nSPS) is 15.5. The summed E-state index contributed by atoms with van der Waals surface area (Å²) in [7, 11) is 0. The smallest absolute Gasteiger partial charge is 0.494 e. The molecule has 1 aromatic carbocycles. The van der Waals surface area contributed by atoms with Crippen molar-refractivity contribution in [3.05, 3.63) is 41.7 Å². The van der Waals surface area contributed by atoms with Gasteiger partial charge in [0.25, 0.3) is 5.91 Å². The molecule has 26 heavy (non-hydrogen) atoms. The van der Waals surface area contributed by atoms with Gasteiger partial charge in [-0.3, -0.25) is 4.79 Å². The van der Waals surface area contributed by atoms with Crippen LogP contribution in [0.15, 0.2) is 36.1 Å². The van der Waals surface area contributed by atoms with Gasteiger partial charge in [-0.05, 0) is 38.1 Å². The minimum absolute atomic E-state index is 0.0385. The fourth-order valence-electron chi connectivity index (χ4n) is 2.24. The number of carbonyl (C=O) groups is 2. The third kappa shape index (κ3) is 5.01. The van der Waals surface area contributed by atoms with Gasteiger partial charge in [0.15, 0.2) is 0 Å². The van der Waals surface area contributed by atoms with E-state index >= 15 is 0 Å². The first-order chi connectivity index (χ1) is 12.2. The van der Waals surface area contributed by atoms with E-state index in [9.17, 15) is 22.8 Å². The molecule has 0 saturated heterocycles. The zero-order chi connectivity index (χ0) is 19.3. The summed E-state index contributed by atoms with van der Waals surface area (Å²) >= 11 is 0. The van der Waals surface area contributed by atoms with E-state index in [1.807, 2.05) is 0 Å². The Morgan fingerprint density at radius 2 is 1.88 bits per heavy atom. The van der Waals surface area contributed by atoms with Crippen LogP contribution in [0.1, 0.15) is 19.4 Å². The lowest BCUT2D eigenvalue weighted by Crippen LogP contribution is -2.17. The lowest BCUT2D eigenvalue weighted by molar-refractivity contribution is -0.274. The second-order valence-corrected chi connectivity index (χ2v) is 5.00. The van der Waals surface area contributed by atoms with Crippen LogP contribution >= 0.6 is 0 Å². The summed E-state index contributed by atoms with van der Waals surface area (Å²) in [4.78, 5) is 23.7. The first-order valence-corrected chi connectivity index (χ1v) is 7.68. The van der Waals surface area contributed by atoms with Crippen molar-refractivity contribution in [2.24, 2.45) is 0 Å². The maximum absolute atomic E-state index is 12.4. The van der Waals surface area contributed by atoms with Crippen LogP contribution in [0.3, 0.4) is 0 Å².